The lowest BCUT2D eigenvalue weighted by atomic mass is 9.80. The molecule has 4 rings (SSSR count). The minimum Gasteiger partial charge on any atom is -0.469 e. The number of hydrogen-bond acceptors (Lipinski definition) is 4. The molecule has 0 aromatic heterocycles. The fourth-order valence-corrected chi connectivity index (χ4v) is 4.22. The standard InChI is InChI=1S/C24H23NO3/c1-28-23(27)15-18(16-26)25-24(17-9-3-2-4-10-17)21-13-7-5-11-19(21)20-12-6-8-14-22(20)24/h2-14,18,25-26H,15-16H2,1H3/t18-/m0/s1. The van der Waals surface area contributed by atoms with Crippen molar-refractivity contribution in [2.24, 2.45) is 0 Å². The Morgan fingerprint density at radius 2 is 1.46 bits per heavy atom. The summed E-state index contributed by atoms with van der Waals surface area (Å²) in [4.78, 5) is 11.9. The molecule has 0 aliphatic heterocycles. The highest BCUT2D eigenvalue weighted by Gasteiger charge is 2.45. The average Bonchev–Trinajstić information content (AvgIpc) is 3.05. The first-order valence-electron chi connectivity index (χ1n) is 9.41. The molecule has 1 aliphatic carbocycles. The normalized spacial score (nSPS) is 14.8. The Hall–Kier alpha value is -2.95. The van der Waals surface area contributed by atoms with Gasteiger partial charge < -0.3 is 9.84 Å². The van der Waals surface area contributed by atoms with Gasteiger partial charge in [0.15, 0.2) is 0 Å². The number of esters is 1. The third-order valence-corrected chi connectivity index (χ3v) is 5.44. The maximum absolute atomic E-state index is 11.9. The molecule has 4 heteroatoms. The lowest BCUT2D eigenvalue weighted by Gasteiger charge is -2.37. The van der Waals surface area contributed by atoms with Gasteiger partial charge in [-0.15, -0.1) is 0 Å². The van der Waals surface area contributed by atoms with E-state index in [1.807, 2.05) is 42.5 Å². The minimum absolute atomic E-state index is 0.0892. The van der Waals surface area contributed by atoms with Gasteiger partial charge in [-0.1, -0.05) is 78.9 Å². The second-order valence-corrected chi connectivity index (χ2v) is 7.01. The number of benzene rings is 3. The number of carbonyl (C=O) groups is 1. The molecule has 0 bridgehead atoms. The molecule has 28 heavy (non-hydrogen) atoms. The van der Waals surface area contributed by atoms with Crippen molar-refractivity contribution in [1.82, 2.24) is 5.32 Å². The number of ether oxygens (including phenoxy) is 1. The van der Waals surface area contributed by atoms with Crippen molar-refractivity contribution in [2.45, 2.75) is 18.0 Å². The summed E-state index contributed by atoms with van der Waals surface area (Å²) >= 11 is 0. The summed E-state index contributed by atoms with van der Waals surface area (Å²) in [6, 6.07) is 26.3. The highest BCUT2D eigenvalue weighted by molar-refractivity contribution is 5.83. The summed E-state index contributed by atoms with van der Waals surface area (Å²) in [5, 5.41) is 13.6. The van der Waals surface area contributed by atoms with E-state index in [-0.39, 0.29) is 19.0 Å². The van der Waals surface area contributed by atoms with Crippen LogP contribution in [0.4, 0.5) is 0 Å². The number of hydrogen-bond donors (Lipinski definition) is 2. The van der Waals surface area contributed by atoms with Gasteiger partial charge >= 0.3 is 5.97 Å². The van der Waals surface area contributed by atoms with Gasteiger partial charge in [-0.2, -0.15) is 0 Å². The van der Waals surface area contributed by atoms with Crippen molar-refractivity contribution in [2.75, 3.05) is 13.7 Å². The third-order valence-electron chi connectivity index (χ3n) is 5.44. The molecule has 0 radical (unpaired) electrons. The van der Waals surface area contributed by atoms with Crippen LogP contribution < -0.4 is 5.32 Å². The van der Waals surface area contributed by atoms with Crippen molar-refractivity contribution < 1.29 is 14.6 Å². The molecule has 2 N–H and O–H groups in total. The Morgan fingerprint density at radius 3 is 2.00 bits per heavy atom. The van der Waals surface area contributed by atoms with Gasteiger partial charge in [0.25, 0.3) is 0 Å². The van der Waals surface area contributed by atoms with Gasteiger partial charge in [0.2, 0.25) is 0 Å². The Bertz CT molecular complexity index is 938. The maximum Gasteiger partial charge on any atom is 0.307 e. The predicted molar refractivity (Wildman–Crippen MR) is 109 cm³/mol. The van der Waals surface area contributed by atoms with E-state index in [9.17, 15) is 9.90 Å². The van der Waals surface area contributed by atoms with Crippen LogP contribution in [0.15, 0.2) is 78.9 Å². The van der Waals surface area contributed by atoms with E-state index in [4.69, 9.17) is 4.74 Å². The van der Waals surface area contributed by atoms with Gasteiger partial charge in [-0.3, -0.25) is 10.1 Å². The SMILES string of the molecule is COC(=O)C[C@@H](CO)NC1(c2ccccc2)c2ccccc2-c2ccccc21. The van der Waals surface area contributed by atoms with Crippen LogP contribution in [0.1, 0.15) is 23.1 Å². The minimum atomic E-state index is -0.657. The van der Waals surface area contributed by atoms with E-state index < -0.39 is 11.6 Å². The van der Waals surface area contributed by atoms with Crippen molar-refractivity contribution in [3.63, 3.8) is 0 Å². The zero-order valence-electron chi connectivity index (χ0n) is 15.8. The van der Waals surface area contributed by atoms with Crippen LogP contribution in [0.2, 0.25) is 0 Å². The molecular formula is C24H23NO3. The highest BCUT2D eigenvalue weighted by atomic mass is 16.5. The van der Waals surface area contributed by atoms with E-state index in [0.717, 1.165) is 27.8 Å². The van der Waals surface area contributed by atoms with Crippen LogP contribution >= 0.6 is 0 Å². The second-order valence-electron chi connectivity index (χ2n) is 7.01. The van der Waals surface area contributed by atoms with Crippen molar-refractivity contribution in [3.05, 3.63) is 95.6 Å². The first kappa shape index (κ1) is 18.4. The van der Waals surface area contributed by atoms with Crippen molar-refractivity contribution in [3.8, 4) is 11.1 Å². The first-order chi connectivity index (χ1) is 13.7. The molecule has 0 amide bonds. The Balaban J connectivity index is 1.94. The Morgan fingerprint density at radius 1 is 0.929 bits per heavy atom. The third kappa shape index (κ3) is 2.91. The van der Waals surface area contributed by atoms with Crippen LogP contribution in [0.3, 0.4) is 0 Å². The maximum atomic E-state index is 11.9. The van der Waals surface area contributed by atoms with Crippen molar-refractivity contribution >= 4 is 5.97 Å². The zero-order chi connectivity index (χ0) is 19.6. The van der Waals surface area contributed by atoms with Crippen molar-refractivity contribution in [1.29, 1.82) is 0 Å². The van der Waals surface area contributed by atoms with Crippen LogP contribution in [-0.2, 0) is 15.1 Å². The van der Waals surface area contributed by atoms with Gasteiger partial charge in [0, 0.05) is 6.04 Å². The predicted octanol–water partition coefficient (Wildman–Crippen LogP) is 3.47. The van der Waals surface area contributed by atoms with Gasteiger partial charge in [0.05, 0.1) is 25.7 Å². The number of fused-ring (bicyclic) bond motifs is 3. The Kier molecular flexibility index (Phi) is 4.99. The van der Waals surface area contributed by atoms with Crippen LogP contribution in [0.5, 0.6) is 0 Å². The van der Waals surface area contributed by atoms with Gasteiger partial charge in [-0.05, 0) is 27.8 Å². The number of rotatable bonds is 6. The van der Waals surface area contributed by atoms with E-state index >= 15 is 0 Å². The van der Waals surface area contributed by atoms with Crippen LogP contribution in [-0.4, -0.2) is 30.8 Å². The summed E-state index contributed by atoms with van der Waals surface area (Å²) < 4.78 is 4.83. The van der Waals surface area contributed by atoms with Gasteiger partial charge in [-0.25, -0.2) is 0 Å². The van der Waals surface area contributed by atoms with E-state index in [2.05, 4.69) is 41.7 Å². The fourth-order valence-electron chi connectivity index (χ4n) is 4.22. The average molecular weight is 373 g/mol. The summed E-state index contributed by atoms with van der Waals surface area (Å²) in [6.45, 7) is -0.173. The molecule has 0 fully saturated rings. The molecule has 1 atom stereocenters. The number of methoxy groups -OCH3 is 1. The largest absolute Gasteiger partial charge is 0.469 e. The molecule has 4 nitrogen and oxygen atoms in total. The molecule has 0 saturated carbocycles. The molecule has 0 spiro atoms. The second kappa shape index (κ2) is 7.58. The lowest BCUT2D eigenvalue weighted by Crippen LogP contribution is -2.50. The summed E-state index contributed by atoms with van der Waals surface area (Å²) in [7, 11) is 1.36. The van der Waals surface area contributed by atoms with Crippen LogP contribution in [0, 0.1) is 0 Å². The molecule has 3 aromatic carbocycles. The lowest BCUT2D eigenvalue weighted by molar-refractivity contribution is -0.141. The fraction of sp³-hybridized carbons (Fsp3) is 0.208. The van der Waals surface area contributed by atoms with Gasteiger partial charge in [0.1, 0.15) is 0 Å². The summed E-state index contributed by atoms with van der Waals surface area (Å²) in [5.74, 6) is -0.352. The molecule has 1 aliphatic rings. The number of aliphatic hydroxyl groups excluding tert-OH is 1. The molecule has 3 aromatic rings. The molecule has 142 valence electrons. The number of nitrogens with one attached hydrogen (secondary N) is 1. The molecule has 0 saturated heterocycles. The van der Waals surface area contributed by atoms with E-state index in [1.54, 1.807) is 0 Å². The van der Waals surface area contributed by atoms with E-state index in [1.165, 1.54) is 7.11 Å². The number of carbonyl (C=O) groups excluding carboxylic acids is 1. The zero-order valence-corrected chi connectivity index (χ0v) is 15.8. The molecular weight excluding hydrogens is 350 g/mol. The number of aliphatic hydroxyl groups is 1. The monoisotopic (exact) mass is 373 g/mol. The Labute approximate surface area is 164 Å². The highest BCUT2D eigenvalue weighted by Crippen LogP contribution is 2.51. The first-order valence-corrected chi connectivity index (χ1v) is 9.41. The van der Waals surface area contributed by atoms with E-state index in [0.29, 0.717) is 0 Å². The molecule has 0 heterocycles. The topological polar surface area (TPSA) is 58.6 Å². The summed E-state index contributed by atoms with van der Waals surface area (Å²) in [5.41, 5.74) is 4.95. The summed E-state index contributed by atoms with van der Waals surface area (Å²) in [6.07, 6.45) is 0.0892. The molecule has 0 unspecified atom stereocenters. The smallest absolute Gasteiger partial charge is 0.307 e. The quantitative estimate of drug-likeness (QED) is 0.650. The van der Waals surface area contributed by atoms with Crippen LogP contribution in [0.25, 0.3) is 11.1 Å².